The van der Waals surface area contributed by atoms with Crippen LogP contribution < -0.4 is 4.74 Å². The summed E-state index contributed by atoms with van der Waals surface area (Å²) in [5, 5.41) is 8.63. The van der Waals surface area contributed by atoms with Gasteiger partial charge in [0.05, 0.1) is 11.5 Å². The van der Waals surface area contributed by atoms with Crippen LogP contribution >= 0.6 is 0 Å². The zero-order chi connectivity index (χ0) is 15.4. The van der Waals surface area contributed by atoms with Gasteiger partial charge in [0.1, 0.15) is 23.8 Å². The minimum Gasteiger partial charge on any atom is -0.426 e. The van der Waals surface area contributed by atoms with Crippen molar-refractivity contribution in [3.8, 4) is 11.8 Å². The normalized spacial score (nSPS) is 25.1. The molecule has 21 heavy (non-hydrogen) atoms. The van der Waals surface area contributed by atoms with Gasteiger partial charge in [0.25, 0.3) is 0 Å². The second kappa shape index (κ2) is 6.66. The van der Waals surface area contributed by atoms with Gasteiger partial charge in [0, 0.05) is 6.07 Å². The first-order valence-electron chi connectivity index (χ1n) is 7.10. The van der Waals surface area contributed by atoms with Crippen LogP contribution in [0.3, 0.4) is 0 Å². The lowest BCUT2D eigenvalue weighted by Gasteiger charge is -2.29. The molecule has 0 aromatic heterocycles. The molecule has 0 spiro atoms. The highest BCUT2D eigenvalue weighted by Gasteiger charge is 2.36. The van der Waals surface area contributed by atoms with Gasteiger partial charge in [-0.15, -0.1) is 0 Å². The molecule has 1 aromatic rings. The Bertz CT molecular complexity index is 568. The maximum atomic E-state index is 14.0. The Labute approximate surface area is 122 Å². The van der Waals surface area contributed by atoms with Gasteiger partial charge in [-0.25, -0.2) is 8.78 Å². The van der Waals surface area contributed by atoms with Crippen molar-refractivity contribution in [1.82, 2.24) is 0 Å². The lowest BCUT2D eigenvalue weighted by atomic mass is 9.79. The molecule has 1 saturated carbocycles. The summed E-state index contributed by atoms with van der Waals surface area (Å²) in [6.07, 6.45) is 1.33. The summed E-state index contributed by atoms with van der Waals surface area (Å²) in [5.41, 5.74) is -0.123. The van der Waals surface area contributed by atoms with Crippen molar-refractivity contribution in [3.63, 3.8) is 0 Å². The van der Waals surface area contributed by atoms with Crippen LogP contribution in [0.15, 0.2) is 18.2 Å². The van der Waals surface area contributed by atoms with Crippen molar-refractivity contribution >= 4 is 5.97 Å². The fourth-order valence-electron chi connectivity index (χ4n) is 2.67. The monoisotopic (exact) mass is 293 g/mol. The Kier molecular flexibility index (Phi) is 4.89. The second-order valence-electron chi connectivity index (χ2n) is 5.38. The summed E-state index contributed by atoms with van der Waals surface area (Å²) in [6.45, 7) is 2.01. The van der Waals surface area contributed by atoms with E-state index in [1.165, 1.54) is 12.1 Å². The van der Waals surface area contributed by atoms with Crippen molar-refractivity contribution in [2.45, 2.75) is 38.8 Å². The summed E-state index contributed by atoms with van der Waals surface area (Å²) < 4.78 is 32.5. The maximum Gasteiger partial charge on any atom is 0.317 e. The number of esters is 1. The minimum atomic E-state index is -1.21. The maximum absolute atomic E-state index is 14.0. The van der Waals surface area contributed by atoms with Crippen LogP contribution in [0, 0.1) is 29.0 Å². The number of halogens is 2. The molecule has 0 bridgehead atoms. The van der Waals surface area contributed by atoms with Gasteiger partial charge in [-0.1, -0.05) is 13.3 Å². The quantitative estimate of drug-likeness (QED) is 0.629. The molecule has 0 radical (unpaired) electrons. The van der Waals surface area contributed by atoms with E-state index >= 15 is 0 Å². The summed E-state index contributed by atoms with van der Waals surface area (Å²) in [4.78, 5) is 12.0. The van der Waals surface area contributed by atoms with E-state index in [-0.39, 0.29) is 11.3 Å². The first-order valence-corrected chi connectivity index (χ1v) is 7.10. The largest absolute Gasteiger partial charge is 0.426 e. The molecular formula is C16H17F2NO2. The van der Waals surface area contributed by atoms with E-state index in [4.69, 9.17) is 10.00 Å². The molecule has 3 atom stereocenters. The summed E-state index contributed by atoms with van der Waals surface area (Å²) in [7, 11) is 0. The average Bonchev–Trinajstić information content (AvgIpc) is 2.47. The third-order valence-corrected chi connectivity index (χ3v) is 4.04. The summed E-state index contributed by atoms with van der Waals surface area (Å²) in [5.74, 6) is -1.89. The summed E-state index contributed by atoms with van der Waals surface area (Å²) in [6, 6.07) is 5.23. The highest BCUT2D eigenvalue weighted by Crippen LogP contribution is 2.34. The molecule has 3 nitrogen and oxygen atoms in total. The fourth-order valence-corrected chi connectivity index (χ4v) is 2.67. The molecule has 112 valence electrons. The predicted octanol–water partition coefficient (Wildman–Crippen LogP) is 3.77. The molecule has 1 aliphatic rings. The van der Waals surface area contributed by atoms with Gasteiger partial charge in [-0.2, -0.15) is 5.26 Å². The third-order valence-electron chi connectivity index (χ3n) is 4.04. The number of benzene rings is 1. The van der Waals surface area contributed by atoms with E-state index in [9.17, 15) is 13.6 Å². The van der Waals surface area contributed by atoms with Gasteiger partial charge in [0.15, 0.2) is 0 Å². The number of hydrogen-bond acceptors (Lipinski definition) is 3. The molecule has 0 amide bonds. The molecular weight excluding hydrogens is 276 g/mol. The Morgan fingerprint density at radius 1 is 1.48 bits per heavy atom. The van der Waals surface area contributed by atoms with Crippen LogP contribution in [-0.2, 0) is 4.79 Å². The van der Waals surface area contributed by atoms with Crippen molar-refractivity contribution in [2.24, 2.45) is 11.8 Å². The van der Waals surface area contributed by atoms with Crippen LogP contribution in [0.4, 0.5) is 8.78 Å². The number of carbonyl (C=O) groups excluding carboxylic acids is 1. The van der Waals surface area contributed by atoms with Crippen molar-refractivity contribution < 1.29 is 18.3 Å². The van der Waals surface area contributed by atoms with Gasteiger partial charge < -0.3 is 4.74 Å². The van der Waals surface area contributed by atoms with E-state index in [0.717, 1.165) is 18.9 Å². The molecule has 0 aliphatic heterocycles. The molecule has 0 heterocycles. The molecule has 0 saturated heterocycles. The molecule has 1 fully saturated rings. The fraction of sp³-hybridized carbons (Fsp3) is 0.500. The minimum absolute atomic E-state index is 0.00122. The number of hydrogen-bond donors (Lipinski definition) is 0. The summed E-state index contributed by atoms with van der Waals surface area (Å²) >= 11 is 0. The van der Waals surface area contributed by atoms with Crippen molar-refractivity contribution in [2.75, 3.05) is 0 Å². The van der Waals surface area contributed by atoms with E-state index in [1.54, 1.807) is 6.07 Å². The zero-order valence-corrected chi connectivity index (χ0v) is 11.8. The predicted molar refractivity (Wildman–Crippen MR) is 72.8 cm³/mol. The molecule has 0 N–H and O–H groups in total. The highest BCUT2D eigenvalue weighted by molar-refractivity contribution is 5.76. The molecule has 5 heteroatoms. The number of nitrogens with zero attached hydrogens (tertiary/aromatic N) is 1. The number of ether oxygens (including phenoxy) is 1. The Balaban J connectivity index is 2.02. The SMILES string of the molecule is CCC1CCC(C(=O)Oc2ccc(C#N)c(F)c2)C(F)C1. The first kappa shape index (κ1) is 15.4. The number of alkyl halides is 1. The van der Waals surface area contributed by atoms with Gasteiger partial charge in [-0.3, -0.25) is 4.79 Å². The molecule has 1 aliphatic carbocycles. The highest BCUT2D eigenvalue weighted by atomic mass is 19.1. The van der Waals surface area contributed by atoms with E-state index in [2.05, 4.69) is 0 Å². The van der Waals surface area contributed by atoms with Gasteiger partial charge in [0.2, 0.25) is 0 Å². The van der Waals surface area contributed by atoms with Gasteiger partial charge in [-0.05, 0) is 37.3 Å². The van der Waals surface area contributed by atoms with E-state index in [0.29, 0.717) is 18.8 Å². The smallest absolute Gasteiger partial charge is 0.317 e. The van der Waals surface area contributed by atoms with Crippen LogP contribution in [0.1, 0.15) is 38.2 Å². The van der Waals surface area contributed by atoms with Crippen molar-refractivity contribution in [1.29, 1.82) is 5.26 Å². The Hall–Kier alpha value is -1.96. The number of carbonyl (C=O) groups is 1. The molecule has 2 rings (SSSR count). The number of rotatable bonds is 3. The Morgan fingerprint density at radius 3 is 2.81 bits per heavy atom. The van der Waals surface area contributed by atoms with Gasteiger partial charge >= 0.3 is 5.97 Å². The topological polar surface area (TPSA) is 50.1 Å². The lowest BCUT2D eigenvalue weighted by molar-refractivity contribution is -0.143. The Morgan fingerprint density at radius 2 is 2.24 bits per heavy atom. The van der Waals surface area contributed by atoms with Crippen LogP contribution in [0.2, 0.25) is 0 Å². The van der Waals surface area contributed by atoms with Crippen LogP contribution in [0.5, 0.6) is 5.75 Å². The van der Waals surface area contributed by atoms with Crippen LogP contribution in [-0.4, -0.2) is 12.1 Å². The zero-order valence-electron chi connectivity index (χ0n) is 11.8. The number of nitriles is 1. The van der Waals surface area contributed by atoms with Crippen LogP contribution in [0.25, 0.3) is 0 Å². The standard InChI is InChI=1S/C16H17F2NO2/c1-2-10-3-6-13(15(18)7-10)16(20)21-12-5-4-11(9-19)14(17)8-12/h4-5,8,10,13,15H,2-3,6-7H2,1H3. The molecule has 3 unspecified atom stereocenters. The lowest BCUT2D eigenvalue weighted by Crippen LogP contribution is -2.34. The molecule has 1 aromatic carbocycles. The third kappa shape index (κ3) is 3.57. The first-order chi connectivity index (χ1) is 10.0. The van der Waals surface area contributed by atoms with Crippen molar-refractivity contribution in [3.05, 3.63) is 29.6 Å². The average molecular weight is 293 g/mol. The van der Waals surface area contributed by atoms with E-state index < -0.39 is 23.9 Å². The van der Waals surface area contributed by atoms with E-state index in [1.807, 2.05) is 6.92 Å². The second-order valence-corrected chi connectivity index (χ2v) is 5.38.